The molecule has 0 radical (unpaired) electrons. The van der Waals surface area contributed by atoms with Crippen molar-refractivity contribution in [2.24, 2.45) is 10.4 Å². The van der Waals surface area contributed by atoms with Gasteiger partial charge in [-0.3, -0.25) is 14.6 Å². The van der Waals surface area contributed by atoms with Crippen molar-refractivity contribution in [2.45, 2.75) is 84.0 Å². The van der Waals surface area contributed by atoms with Gasteiger partial charge in [0.15, 0.2) is 5.82 Å². The van der Waals surface area contributed by atoms with Gasteiger partial charge in [-0.15, -0.1) is 10.2 Å². The molecule has 1 atom stereocenters. The van der Waals surface area contributed by atoms with E-state index in [-0.39, 0.29) is 29.8 Å². The Balaban J connectivity index is 1.48. The van der Waals surface area contributed by atoms with Gasteiger partial charge in [-0.1, -0.05) is 67.7 Å². The molecule has 0 bridgehead atoms. The van der Waals surface area contributed by atoms with Gasteiger partial charge in [-0.05, 0) is 79.8 Å². The van der Waals surface area contributed by atoms with Crippen LogP contribution in [0.4, 0.5) is 0 Å². The van der Waals surface area contributed by atoms with E-state index in [9.17, 15) is 9.59 Å². The van der Waals surface area contributed by atoms with Gasteiger partial charge in [0.05, 0.1) is 12.6 Å². The average molecular weight is 597 g/mol. The molecule has 216 valence electrons. The first-order chi connectivity index (χ1) is 19.5. The molecule has 1 fully saturated rings. The summed E-state index contributed by atoms with van der Waals surface area (Å²) < 4.78 is 0. The predicted octanol–water partition coefficient (Wildman–Crippen LogP) is 6.30. The van der Waals surface area contributed by atoms with E-state index in [4.69, 9.17) is 28.2 Å². The molecular weight excluding hydrogens is 561 g/mol. The van der Waals surface area contributed by atoms with E-state index in [1.54, 1.807) is 30.3 Å². The van der Waals surface area contributed by atoms with E-state index in [1.165, 1.54) is 0 Å². The van der Waals surface area contributed by atoms with E-state index < -0.39 is 5.66 Å². The summed E-state index contributed by atoms with van der Waals surface area (Å²) in [7, 11) is 0. The Bertz CT molecular complexity index is 1410. The van der Waals surface area contributed by atoms with Crippen LogP contribution in [0.15, 0.2) is 47.5 Å². The monoisotopic (exact) mass is 595 g/mol. The van der Waals surface area contributed by atoms with Crippen LogP contribution in [0, 0.1) is 5.41 Å². The first-order valence-electron chi connectivity index (χ1n) is 14.1. The SMILES string of the molecule is CC(C)(C)CC[C@H](c1ccc(C(=O)NCc2nn[nH]n2)cc1)N1C(=O)C(c2cc(Cl)cc(Cl)c2)=NC12CCCCC2. The molecule has 5 rings (SSSR count). The molecule has 1 aliphatic heterocycles. The first-order valence-corrected chi connectivity index (χ1v) is 14.8. The lowest BCUT2D eigenvalue weighted by molar-refractivity contribution is -0.133. The van der Waals surface area contributed by atoms with E-state index in [1.807, 2.05) is 17.0 Å². The summed E-state index contributed by atoms with van der Waals surface area (Å²) >= 11 is 12.7. The number of aromatic amines is 1. The molecule has 2 amide bonds. The maximum Gasteiger partial charge on any atom is 0.275 e. The summed E-state index contributed by atoms with van der Waals surface area (Å²) in [5.41, 5.74) is 1.99. The van der Waals surface area contributed by atoms with Crippen molar-refractivity contribution in [3.05, 3.63) is 75.0 Å². The molecule has 11 heteroatoms. The number of benzene rings is 2. The van der Waals surface area contributed by atoms with Crippen LogP contribution in [0.25, 0.3) is 0 Å². The van der Waals surface area contributed by atoms with Crippen molar-refractivity contribution in [3.8, 4) is 0 Å². The molecule has 1 saturated carbocycles. The van der Waals surface area contributed by atoms with Crippen LogP contribution >= 0.6 is 23.2 Å². The Morgan fingerprint density at radius 3 is 2.37 bits per heavy atom. The standard InChI is InChI=1S/C30H35Cl2N7O2/c1-29(2,3)14-11-24(19-7-9-20(10-8-19)27(40)33-18-25-35-37-38-36-25)39-28(41)26(21-15-22(31)17-23(32)16-21)34-30(39)12-5-4-6-13-30/h7-10,15-17,24H,4-6,11-14,18H2,1-3H3,(H,33,40)(H,35,36,37,38)/t24-/m1/s1. The van der Waals surface area contributed by atoms with Crippen LogP contribution < -0.4 is 5.32 Å². The smallest absolute Gasteiger partial charge is 0.275 e. The second-order valence-electron chi connectivity index (χ2n) is 12.1. The summed E-state index contributed by atoms with van der Waals surface area (Å²) in [5.74, 6) is 0.0578. The molecule has 2 N–H and O–H groups in total. The third-order valence-electron chi connectivity index (χ3n) is 7.81. The lowest BCUT2D eigenvalue weighted by Crippen LogP contribution is -2.50. The Hall–Kier alpha value is -3.30. The van der Waals surface area contributed by atoms with Gasteiger partial charge in [-0.2, -0.15) is 5.21 Å². The Kier molecular flexibility index (Phi) is 8.47. The molecule has 2 heterocycles. The van der Waals surface area contributed by atoms with E-state index in [0.29, 0.717) is 32.7 Å². The third kappa shape index (κ3) is 6.62. The zero-order valence-electron chi connectivity index (χ0n) is 23.6. The van der Waals surface area contributed by atoms with Gasteiger partial charge < -0.3 is 10.2 Å². The number of rotatable bonds is 8. The minimum atomic E-state index is -0.622. The maximum absolute atomic E-state index is 14.3. The predicted molar refractivity (Wildman–Crippen MR) is 159 cm³/mol. The third-order valence-corrected chi connectivity index (χ3v) is 8.25. The van der Waals surface area contributed by atoms with Crippen LogP contribution in [0.2, 0.25) is 10.0 Å². The van der Waals surface area contributed by atoms with E-state index >= 15 is 0 Å². The van der Waals surface area contributed by atoms with Crippen molar-refractivity contribution >= 4 is 40.7 Å². The number of aliphatic imine (C=N–C) groups is 1. The number of amides is 2. The van der Waals surface area contributed by atoms with Gasteiger partial charge in [-0.25, -0.2) is 0 Å². The molecule has 0 unspecified atom stereocenters. The fourth-order valence-corrected chi connectivity index (χ4v) is 6.31. The fourth-order valence-electron chi connectivity index (χ4n) is 5.78. The molecule has 2 aromatic carbocycles. The van der Waals surface area contributed by atoms with Crippen molar-refractivity contribution in [1.29, 1.82) is 0 Å². The Morgan fingerprint density at radius 2 is 1.76 bits per heavy atom. The number of tetrazole rings is 1. The lowest BCUT2D eigenvalue weighted by Gasteiger charge is -2.44. The fraction of sp³-hybridized carbons (Fsp3) is 0.467. The molecule has 0 saturated heterocycles. The summed E-state index contributed by atoms with van der Waals surface area (Å²) in [6.07, 6.45) is 6.41. The lowest BCUT2D eigenvalue weighted by atomic mass is 9.83. The number of halogens is 2. The molecule has 41 heavy (non-hydrogen) atoms. The van der Waals surface area contributed by atoms with Gasteiger partial charge in [0, 0.05) is 21.2 Å². The molecular formula is C30H35Cl2N7O2. The second kappa shape index (κ2) is 11.9. The largest absolute Gasteiger partial charge is 0.345 e. The minimum Gasteiger partial charge on any atom is -0.345 e. The number of H-pyrrole nitrogens is 1. The van der Waals surface area contributed by atoms with Crippen molar-refractivity contribution in [3.63, 3.8) is 0 Å². The highest BCUT2D eigenvalue weighted by atomic mass is 35.5. The zero-order valence-corrected chi connectivity index (χ0v) is 25.1. The molecule has 1 aromatic heterocycles. The van der Waals surface area contributed by atoms with Crippen molar-refractivity contribution in [2.75, 3.05) is 0 Å². The number of carbonyl (C=O) groups is 2. The highest BCUT2D eigenvalue weighted by molar-refractivity contribution is 6.47. The second-order valence-corrected chi connectivity index (χ2v) is 13.0. The summed E-state index contributed by atoms with van der Waals surface area (Å²) in [6, 6.07) is 12.5. The maximum atomic E-state index is 14.3. The molecule has 2 aliphatic rings. The molecule has 3 aromatic rings. The molecule has 1 aliphatic carbocycles. The molecule has 1 spiro atoms. The normalized spacial score (nSPS) is 17.5. The number of carbonyl (C=O) groups excluding carboxylic acids is 2. The summed E-state index contributed by atoms with van der Waals surface area (Å²) in [5, 5.41) is 17.4. The molecule has 9 nitrogen and oxygen atoms in total. The van der Waals surface area contributed by atoms with Crippen LogP contribution in [-0.2, 0) is 11.3 Å². The van der Waals surface area contributed by atoms with Gasteiger partial charge in [0.1, 0.15) is 11.4 Å². The van der Waals surface area contributed by atoms with Crippen LogP contribution in [0.1, 0.15) is 99.1 Å². The highest BCUT2D eigenvalue weighted by Gasteiger charge is 2.50. The topological polar surface area (TPSA) is 116 Å². The zero-order chi connectivity index (χ0) is 29.2. The van der Waals surface area contributed by atoms with Crippen LogP contribution in [0.3, 0.4) is 0 Å². The minimum absolute atomic E-state index is 0.0693. The van der Waals surface area contributed by atoms with Crippen LogP contribution in [0.5, 0.6) is 0 Å². The number of aromatic nitrogens is 4. The average Bonchev–Trinajstić information content (AvgIpc) is 3.54. The number of nitrogens with zero attached hydrogens (tertiary/aromatic N) is 5. The number of nitrogens with one attached hydrogen (secondary N) is 2. The van der Waals surface area contributed by atoms with E-state index in [2.05, 4.69) is 46.7 Å². The summed E-state index contributed by atoms with van der Waals surface area (Å²) in [6.45, 7) is 6.79. The van der Waals surface area contributed by atoms with Gasteiger partial charge >= 0.3 is 0 Å². The first kappa shape index (κ1) is 29.2. The summed E-state index contributed by atoms with van der Waals surface area (Å²) in [4.78, 5) is 34.3. The van der Waals surface area contributed by atoms with Crippen molar-refractivity contribution in [1.82, 2.24) is 30.8 Å². The number of hydrogen-bond donors (Lipinski definition) is 2. The van der Waals surface area contributed by atoms with Gasteiger partial charge in [0.2, 0.25) is 0 Å². The quantitative estimate of drug-likeness (QED) is 0.317. The number of hydrogen-bond acceptors (Lipinski definition) is 6. The van der Waals surface area contributed by atoms with Gasteiger partial charge in [0.25, 0.3) is 11.8 Å². The van der Waals surface area contributed by atoms with E-state index in [0.717, 1.165) is 50.5 Å². The Labute approximate surface area is 250 Å². The van der Waals surface area contributed by atoms with Crippen LogP contribution in [-0.4, -0.2) is 48.7 Å². The highest BCUT2D eigenvalue weighted by Crippen LogP contribution is 2.46. The Morgan fingerprint density at radius 1 is 1.07 bits per heavy atom. The van der Waals surface area contributed by atoms with Crippen molar-refractivity contribution < 1.29 is 9.59 Å².